The molecule has 0 aliphatic heterocycles. The number of amides is 1. The minimum Gasteiger partial charge on any atom is -0.346 e. The van der Waals surface area contributed by atoms with Crippen molar-refractivity contribution in [3.63, 3.8) is 0 Å². The second-order valence-corrected chi connectivity index (χ2v) is 6.08. The van der Waals surface area contributed by atoms with Crippen molar-refractivity contribution in [2.75, 3.05) is 0 Å². The van der Waals surface area contributed by atoms with Gasteiger partial charge in [0.05, 0.1) is 6.04 Å². The maximum absolute atomic E-state index is 13.6. The molecule has 1 amide bonds. The van der Waals surface area contributed by atoms with Gasteiger partial charge in [-0.3, -0.25) is 4.79 Å². The smallest absolute Gasteiger partial charge is 0.252 e. The summed E-state index contributed by atoms with van der Waals surface area (Å²) in [6.07, 6.45) is 0. The number of carbonyl (C=O) groups excluding carboxylic acids is 1. The highest BCUT2D eigenvalue weighted by Gasteiger charge is 2.14. The van der Waals surface area contributed by atoms with Gasteiger partial charge in [0, 0.05) is 10.0 Å². The molecular formula is C17H17BrFNO. The van der Waals surface area contributed by atoms with Crippen LogP contribution in [0, 0.1) is 19.7 Å². The topological polar surface area (TPSA) is 29.1 Å². The van der Waals surface area contributed by atoms with Gasteiger partial charge >= 0.3 is 0 Å². The second-order valence-electron chi connectivity index (χ2n) is 5.16. The Kier molecular flexibility index (Phi) is 4.78. The van der Waals surface area contributed by atoms with Crippen LogP contribution < -0.4 is 5.32 Å². The molecule has 2 aromatic carbocycles. The first kappa shape index (κ1) is 15.7. The molecule has 2 rings (SSSR count). The van der Waals surface area contributed by atoms with E-state index in [-0.39, 0.29) is 17.8 Å². The quantitative estimate of drug-likeness (QED) is 0.855. The maximum Gasteiger partial charge on any atom is 0.252 e. The third kappa shape index (κ3) is 3.70. The van der Waals surface area contributed by atoms with Crippen molar-refractivity contribution in [2.45, 2.75) is 26.8 Å². The number of hydrogen-bond donors (Lipinski definition) is 1. The largest absolute Gasteiger partial charge is 0.346 e. The van der Waals surface area contributed by atoms with Crippen LogP contribution in [0.25, 0.3) is 0 Å². The van der Waals surface area contributed by atoms with Gasteiger partial charge in [0.25, 0.3) is 5.91 Å². The summed E-state index contributed by atoms with van der Waals surface area (Å²) in [7, 11) is 0. The number of carbonyl (C=O) groups is 1. The number of nitrogens with one attached hydrogen (secondary N) is 1. The average Bonchev–Trinajstić information content (AvgIpc) is 2.44. The highest BCUT2D eigenvalue weighted by Crippen LogP contribution is 2.19. The summed E-state index contributed by atoms with van der Waals surface area (Å²) in [4.78, 5) is 12.3. The van der Waals surface area contributed by atoms with E-state index in [1.54, 1.807) is 19.1 Å². The Morgan fingerprint density at radius 1 is 1.14 bits per heavy atom. The molecule has 21 heavy (non-hydrogen) atoms. The van der Waals surface area contributed by atoms with Crippen LogP contribution in [0.15, 0.2) is 40.9 Å². The summed E-state index contributed by atoms with van der Waals surface area (Å²) in [5, 5.41) is 2.90. The first-order valence-corrected chi connectivity index (χ1v) is 7.51. The van der Waals surface area contributed by atoms with Crippen molar-refractivity contribution < 1.29 is 9.18 Å². The van der Waals surface area contributed by atoms with E-state index in [0.29, 0.717) is 11.1 Å². The van der Waals surface area contributed by atoms with Gasteiger partial charge < -0.3 is 5.32 Å². The molecule has 0 bridgehead atoms. The SMILES string of the molecule is Cc1ccc(C(C)NC(=O)c2cc(Br)ccc2C)cc1F. The van der Waals surface area contributed by atoms with Crippen LogP contribution in [0.1, 0.15) is 40.0 Å². The van der Waals surface area contributed by atoms with Crippen LogP contribution in [0.4, 0.5) is 4.39 Å². The van der Waals surface area contributed by atoms with Crippen molar-refractivity contribution in [3.8, 4) is 0 Å². The molecule has 0 heterocycles. The highest BCUT2D eigenvalue weighted by molar-refractivity contribution is 9.10. The van der Waals surface area contributed by atoms with E-state index in [0.717, 1.165) is 15.6 Å². The molecule has 1 N–H and O–H groups in total. The molecule has 0 saturated heterocycles. The highest BCUT2D eigenvalue weighted by atomic mass is 79.9. The number of hydrogen-bond acceptors (Lipinski definition) is 1. The van der Waals surface area contributed by atoms with Crippen LogP contribution in [-0.4, -0.2) is 5.91 Å². The molecule has 0 fully saturated rings. The van der Waals surface area contributed by atoms with Crippen molar-refractivity contribution in [3.05, 3.63) is 68.9 Å². The normalized spacial score (nSPS) is 12.0. The van der Waals surface area contributed by atoms with Crippen molar-refractivity contribution in [2.24, 2.45) is 0 Å². The minimum absolute atomic E-state index is 0.165. The number of benzene rings is 2. The third-order valence-corrected chi connectivity index (χ3v) is 3.98. The van der Waals surface area contributed by atoms with Crippen molar-refractivity contribution in [1.29, 1.82) is 0 Å². The van der Waals surface area contributed by atoms with Crippen LogP contribution in [-0.2, 0) is 0 Å². The van der Waals surface area contributed by atoms with E-state index in [2.05, 4.69) is 21.2 Å². The fourth-order valence-electron chi connectivity index (χ4n) is 2.08. The molecule has 2 aromatic rings. The Labute approximate surface area is 132 Å². The summed E-state index contributed by atoms with van der Waals surface area (Å²) < 4.78 is 14.5. The molecule has 0 radical (unpaired) electrons. The maximum atomic E-state index is 13.6. The lowest BCUT2D eigenvalue weighted by Crippen LogP contribution is -2.27. The van der Waals surface area contributed by atoms with Gasteiger partial charge in [-0.05, 0) is 55.7 Å². The van der Waals surface area contributed by atoms with Crippen molar-refractivity contribution in [1.82, 2.24) is 5.32 Å². The van der Waals surface area contributed by atoms with Gasteiger partial charge in [0.1, 0.15) is 5.82 Å². The standard InChI is InChI=1S/C17H17BrFNO/c1-10-5-7-14(18)9-15(10)17(21)20-12(3)13-6-4-11(2)16(19)8-13/h4-9,12H,1-3H3,(H,20,21). The minimum atomic E-state index is -0.258. The first-order chi connectivity index (χ1) is 9.88. The second kappa shape index (κ2) is 6.39. The fraction of sp³-hybridized carbons (Fsp3) is 0.235. The van der Waals surface area contributed by atoms with E-state index >= 15 is 0 Å². The van der Waals surface area contributed by atoms with E-state index in [1.165, 1.54) is 6.07 Å². The molecule has 2 nitrogen and oxygen atoms in total. The predicted octanol–water partition coefficient (Wildman–Crippen LogP) is 4.70. The molecule has 0 saturated carbocycles. The van der Waals surface area contributed by atoms with Gasteiger partial charge in [-0.1, -0.05) is 34.1 Å². The Balaban J connectivity index is 2.18. The zero-order valence-electron chi connectivity index (χ0n) is 12.2. The Hall–Kier alpha value is -1.68. The van der Waals surface area contributed by atoms with Gasteiger partial charge in [-0.2, -0.15) is 0 Å². The lowest BCUT2D eigenvalue weighted by atomic mass is 10.0. The average molecular weight is 350 g/mol. The lowest BCUT2D eigenvalue weighted by molar-refractivity contribution is 0.0939. The molecule has 0 aliphatic carbocycles. The Morgan fingerprint density at radius 3 is 2.48 bits per heavy atom. The summed E-state index contributed by atoms with van der Waals surface area (Å²) >= 11 is 3.36. The Bertz CT molecular complexity index is 684. The van der Waals surface area contributed by atoms with Gasteiger partial charge in [0.15, 0.2) is 0 Å². The molecule has 0 aromatic heterocycles. The third-order valence-electron chi connectivity index (χ3n) is 3.49. The molecule has 0 aliphatic rings. The zero-order valence-corrected chi connectivity index (χ0v) is 13.8. The summed E-state index contributed by atoms with van der Waals surface area (Å²) in [5.74, 6) is -0.422. The monoisotopic (exact) mass is 349 g/mol. The molecular weight excluding hydrogens is 333 g/mol. The molecule has 1 atom stereocenters. The number of rotatable bonds is 3. The van der Waals surface area contributed by atoms with Crippen LogP contribution in [0.3, 0.4) is 0 Å². The number of halogens is 2. The summed E-state index contributed by atoms with van der Waals surface area (Å²) in [6.45, 7) is 5.44. The molecule has 0 spiro atoms. The van der Waals surface area contributed by atoms with Gasteiger partial charge in [-0.15, -0.1) is 0 Å². The summed E-state index contributed by atoms with van der Waals surface area (Å²) in [6, 6.07) is 10.3. The Morgan fingerprint density at radius 2 is 1.81 bits per heavy atom. The van der Waals surface area contributed by atoms with Crippen LogP contribution in [0.5, 0.6) is 0 Å². The van der Waals surface area contributed by atoms with E-state index in [1.807, 2.05) is 32.0 Å². The molecule has 1 unspecified atom stereocenters. The molecule has 110 valence electrons. The van der Waals surface area contributed by atoms with Crippen LogP contribution >= 0.6 is 15.9 Å². The van der Waals surface area contributed by atoms with E-state index in [4.69, 9.17) is 0 Å². The van der Waals surface area contributed by atoms with E-state index in [9.17, 15) is 9.18 Å². The van der Waals surface area contributed by atoms with Gasteiger partial charge in [0.2, 0.25) is 0 Å². The van der Waals surface area contributed by atoms with Crippen molar-refractivity contribution >= 4 is 21.8 Å². The van der Waals surface area contributed by atoms with Crippen LogP contribution in [0.2, 0.25) is 0 Å². The predicted molar refractivity (Wildman–Crippen MR) is 85.9 cm³/mol. The molecule has 4 heteroatoms. The van der Waals surface area contributed by atoms with E-state index < -0.39 is 0 Å². The summed E-state index contributed by atoms with van der Waals surface area (Å²) in [5.41, 5.74) is 2.86. The lowest BCUT2D eigenvalue weighted by Gasteiger charge is -2.16. The fourth-order valence-corrected chi connectivity index (χ4v) is 2.44. The first-order valence-electron chi connectivity index (χ1n) is 6.71. The zero-order chi connectivity index (χ0) is 15.6. The van der Waals surface area contributed by atoms with Gasteiger partial charge in [-0.25, -0.2) is 4.39 Å². The number of aryl methyl sites for hydroxylation is 2.